The average Bonchev–Trinajstić information content (AvgIpc) is 2.51. The standard InChI is InChI=1S/C16H22Cl2N2O2/c17-12-2-3-13(14(18)9-12)15(21)10-20-16(22)4-1-11-5-7-19-8-6-11/h2-3,9,11,15,19,21H,1,4-8,10H2,(H,20,22). The topological polar surface area (TPSA) is 61.4 Å². The molecule has 0 spiro atoms. The summed E-state index contributed by atoms with van der Waals surface area (Å²) < 4.78 is 0. The second-order valence-corrected chi connectivity index (χ2v) is 6.56. The predicted molar refractivity (Wildman–Crippen MR) is 89.3 cm³/mol. The molecule has 1 atom stereocenters. The van der Waals surface area contributed by atoms with Gasteiger partial charge in [0.05, 0.1) is 6.10 Å². The Balaban J connectivity index is 1.73. The lowest BCUT2D eigenvalue weighted by Crippen LogP contribution is -2.31. The first-order valence-electron chi connectivity index (χ1n) is 7.66. The van der Waals surface area contributed by atoms with Gasteiger partial charge in [-0.3, -0.25) is 4.79 Å². The van der Waals surface area contributed by atoms with Crippen molar-refractivity contribution in [3.05, 3.63) is 33.8 Å². The van der Waals surface area contributed by atoms with Gasteiger partial charge in [0.25, 0.3) is 0 Å². The van der Waals surface area contributed by atoms with Crippen LogP contribution in [0.15, 0.2) is 18.2 Å². The zero-order valence-corrected chi connectivity index (χ0v) is 14.0. The first-order valence-corrected chi connectivity index (χ1v) is 8.42. The van der Waals surface area contributed by atoms with Crippen LogP contribution in [0.4, 0.5) is 0 Å². The fraction of sp³-hybridized carbons (Fsp3) is 0.562. The average molecular weight is 345 g/mol. The van der Waals surface area contributed by atoms with Gasteiger partial charge in [0.2, 0.25) is 5.91 Å². The number of aliphatic hydroxyl groups excluding tert-OH is 1. The summed E-state index contributed by atoms with van der Waals surface area (Å²) in [4.78, 5) is 11.9. The Morgan fingerprint density at radius 3 is 2.77 bits per heavy atom. The lowest BCUT2D eigenvalue weighted by molar-refractivity contribution is -0.121. The lowest BCUT2D eigenvalue weighted by Gasteiger charge is -2.22. The highest BCUT2D eigenvalue weighted by atomic mass is 35.5. The summed E-state index contributed by atoms with van der Waals surface area (Å²) >= 11 is 11.9. The lowest BCUT2D eigenvalue weighted by atomic mass is 9.93. The number of benzene rings is 1. The second-order valence-electron chi connectivity index (χ2n) is 5.72. The maximum Gasteiger partial charge on any atom is 0.220 e. The maximum absolute atomic E-state index is 11.9. The Morgan fingerprint density at radius 2 is 2.09 bits per heavy atom. The molecular formula is C16H22Cl2N2O2. The maximum atomic E-state index is 11.9. The highest BCUT2D eigenvalue weighted by molar-refractivity contribution is 6.35. The molecule has 122 valence electrons. The van der Waals surface area contributed by atoms with Gasteiger partial charge in [0.1, 0.15) is 0 Å². The quantitative estimate of drug-likeness (QED) is 0.743. The summed E-state index contributed by atoms with van der Waals surface area (Å²) in [6.07, 6.45) is 2.86. The molecule has 2 rings (SSSR count). The van der Waals surface area contributed by atoms with Gasteiger partial charge < -0.3 is 15.7 Å². The first kappa shape index (κ1) is 17.5. The Kier molecular flexibility index (Phi) is 6.96. The first-order chi connectivity index (χ1) is 10.6. The normalized spacial score (nSPS) is 17.2. The highest BCUT2D eigenvalue weighted by Gasteiger charge is 2.16. The fourth-order valence-corrected chi connectivity index (χ4v) is 3.22. The molecule has 1 heterocycles. The van der Waals surface area contributed by atoms with E-state index >= 15 is 0 Å². The molecule has 1 amide bonds. The van der Waals surface area contributed by atoms with E-state index in [4.69, 9.17) is 23.2 Å². The number of hydrogen-bond donors (Lipinski definition) is 3. The van der Waals surface area contributed by atoms with E-state index in [1.54, 1.807) is 18.2 Å². The molecule has 0 aromatic heterocycles. The van der Waals surface area contributed by atoms with Crippen molar-refractivity contribution >= 4 is 29.1 Å². The van der Waals surface area contributed by atoms with E-state index in [-0.39, 0.29) is 12.5 Å². The van der Waals surface area contributed by atoms with E-state index in [0.717, 1.165) is 32.4 Å². The van der Waals surface area contributed by atoms with Crippen LogP contribution in [0.5, 0.6) is 0 Å². The second kappa shape index (κ2) is 8.73. The van der Waals surface area contributed by atoms with Crippen molar-refractivity contribution in [2.45, 2.75) is 31.8 Å². The molecule has 3 N–H and O–H groups in total. The van der Waals surface area contributed by atoms with E-state index in [2.05, 4.69) is 10.6 Å². The summed E-state index contributed by atoms with van der Waals surface area (Å²) in [5, 5.41) is 17.1. The number of aliphatic hydroxyl groups is 1. The van der Waals surface area contributed by atoms with E-state index in [1.807, 2.05) is 0 Å². The summed E-state index contributed by atoms with van der Waals surface area (Å²) in [6, 6.07) is 4.93. The van der Waals surface area contributed by atoms with Crippen LogP contribution in [-0.4, -0.2) is 30.6 Å². The van der Waals surface area contributed by atoms with E-state index < -0.39 is 6.10 Å². The third kappa shape index (κ3) is 5.43. The number of hydrogen-bond acceptors (Lipinski definition) is 3. The fourth-order valence-electron chi connectivity index (χ4n) is 2.69. The molecule has 22 heavy (non-hydrogen) atoms. The number of carbonyl (C=O) groups is 1. The van der Waals surface area contributed by atoms with Crippen LogP contribution in [0.1, 0.15) is 37.4 Å². The van der Waals surface area contributed by atoms with Gasteiger partial charge in [0.15, 0.2) is 0 Å². The van der Waals surface area contributed by atoms with Crippen molar-refractivity contribution in [3.8, 4) is 0 Å². The number of piperidine rings is 1. The minimum absolute atomic E-state index is 0.0253. The highest BCUT2D eigenvalue weighted by Crippen LogP contribution is 2.26. The molecule has 1 aromatic rings. The van der Waals surface area contributed by atoms with Crippen molar-refractivity contribution in [1.82, 2.24) is 10.6 Å². The van der Waals surface area contributed by atoms with Crippen LogP contribution in [0.3, 0.4) is 0 Å². The number of nitrogens with one attached hydrogen (secondary N) is 2. The van der Waals surface area contributed by atoms with Gasteiger partial charge in [-0.05, 0) is 50.4 Å². The summed E-state index contributed by atoms with van der Waals surface area (Å²) in [5.41, 5.74) is 0.574. The molecule has 1 saturated heterocycles. The number of amides is 1. The zero-order chi connectivity index (χ0) is 15.9. The summed E-state index contributed by atoms with van der Waals surface area (Å²) in [5.74, 6) is 0.602. The molecule has 0 bridgehead atoms. The van der Waals surface area contributed by atoms with Gasteiger partial charge in [-0.1, -0.05) is 29.3 Å². The van der Waals surface area contributed by atoms with Gasteiger partial charge in [-0.2, -0.15) is 0 Å². The minimum Gasteiger partial charge on any atom is -0.387 e. The molecule has 0 radical (unpaired) electrons. The van der Waals surface area contributed by atoms with Crippen molar-refractivity contribution in [1.29, 1.82) is 0 Å². The van der Waals surface area contributed by atoms with E-state index in [1.165, 1.54) is 0 Å². The van der Waals surface area contributed by atoms with Crippen molar-refractivity contribution in [2.75, 3.05) is 19.6 Å². The third-order valence-electron chi connectivity index (χ3n) is 4.05. The van der Waals surface area contributed by atoms with Gasteiger partial charge in [0, 0.05) is 28.6 Å². The molecular weight excluding hydrogens is 323 g/mol. The van der Waals surface area contributed by atoms with E-state index in [0.29, 0.717) is 27.9 Å². The summed E-state index contributed by atoms with van der Waals surface area (Å²) in [6.45, 7) is 2.24. The summed E-state index contributed by atoms with van der Waals surface area (Å²) in [7, 11) is 0. The minimum atomic E-state index is -0.826. The molecule has 4 nitrogen and oxygen atoms in total. The Hall–Kier alpha value is -0.810. The molecule has 1 fully saturated rings. The molecule has 0 aliphatic carbocycles. The van der Waals surface area contributed by atoms with Crippen LogP contribution in [-0.2, 0) is 4.79 Å². The molecule has 1 aromatic carbocycles. The van der Waals surface area contributed by atoms with E-state index in [9.17, 15) is 9.90 Å². The van der Waals surface area contributed by atoms with Gasteiger partial charge in [-0.15, -0.1) is 0 Å². The van der Waals surface area contributed by atoms with Crippen LogP contribution in [0.25, 0.3) is 0 Å². The largest absolute Gasteiger partial charge is 0.387 e. The van der Waals surface area contributed by atoms with Gasteiger partial charge in [-0.25, -0.2) is 0 Å². The van der Waals surface area contributed by atoms with Crippen LogP contribution < -0.4 is 10.6 Å². The molecule has 0 saturated carbocycles. The zero-order valence-electron chi connectivity index (χ0n) is 12.4. The SMILES string of the molecule is O=C(CCC1CCNCC1)NCC(O)c1ccc(Cl)cc1Cl. The number of rotatable bonds is 6. The Labute approximate surface area is 141 Å². The number of halogens is 2. The van der Waals surface area contributed by atoms with Crippen molar-refractivity contribution < 1.29 is 9.90 Å². The molecule has 1 aliphatic rings. The third-order valence-corrected chi connectivity index (χ3v) is 4.61. The predicted octanol–water partition coefficient (Wildman–Crippen LogP) is 2.92. The number of carbonyl (C=O) groups excluding carboxylic acids is 1. The Bertz CT molecular complexity index is 505. The van der Waals surface area contributed by atoms with Crippen LogP contribution in [0, 0.1) is 5.92 Å². The molecule has 1 unspecified atom stereocenters. The van der Waals surface area contributed by atoms with Gasteiger partial charge >= 0.3 is 0 Å². The van der Waals surface area contributed by atoms with Crippen molar-refractivity contribution in [2.24, 2.45) is 5.92 Å². The Morgan fingerprint density at radius 1 is 1.36 bits per heavy atom. The van der Waals surface area contributed by atoms with Crippen molar-refractivity contribution in [3.63, 3.8) is 0 Å². The van der Waals surface area contributed by atoms with Crippen LogP contribution >= 0.6 is 23.2 Å². The smallest absolute Gasteiger partial charge is 0.220 e. The monoisotopic (exact) mass is 344 g/mol. The molecule has 6 heteroatoms. The molecule has 1 aliphatic heterocycles. The van der Waals surface area contributed by atoms with Crippen LogP contribution in [0.2, 0.25) is 10.0 Å².